The summed E-state index contributed by atoms with van der Waals surface area (Å²) < 4.78 is 10.9. The molecule has 0 bridgehead atoms. The summed E-state index contributed by atoms with van der Waals surface area (Å²) in [6, 6.07) is 12.3. The summed E-state index contributed by atoms with van der Waals surface area (Å²) in [4.78, 5) is 17.0. The number of aliphatic imine (C=N–C) groups is 1. The van der Waals surface area contributed by atoms with E-state index in [1.807, 2.05) is 17.5 Å². The molecule has 25 heavy (non-hydrogen) atoms. The SMILES string of the molecule is O=C1OC(c2cccs2)=N/C1=C/c1ccc(-c2cc(Cl)ccc2Cl)o1. The Balaban J connectivity index is 1.66. The van der Waals surface area contributed by atoms with Crippen LogP contribution in [0.25, 0.3) is 17.4 Å². The minimum absolute atomic E-state index is 0.182. The van der Waals surface area contributed by atoms with Crippen molar-refractivity contribution >= 4 is 52.5 Å². The smallest absolute Gasteiger partial charge is 0.363 e. The van der Waals surface area contributed by atoms with Gasteiger partial charge in [0.15, 0.2) is 5.70 Å². The molecule has 0 N–H and O–H groups in total. The van der Waals surface area contributed by atoms with Crippen LogP contribution in [0.15, 0.2) is 63.0 Å². The molecule has 0 fully saturated rings. The van der Waals surface area contributed by atoms with Crippen LogP contribution in [0.5, 0.6) is 0 Å². The van der Waals surface area contributed by atoms with E-state index in [9.17, 15) is 4.79 Å². The van der Waals surface area contributed by atoms with Gasteiger partial charge in [0.2, 0.25) is 5.90 Å². The van der Waals surface area contributed by atoms with Gasteiger partial charge in [-0.3, -0.25) is 0 Å². The predicted molar refractivity (Wildman–Crippen MR) is 99.1 cm³/mol. The maximum absolute atomic E-state index is 12.0. The number of carbonyl (C=O) groups is 1. The molecule has 7 heteroatoms. The number of ether oxygens (including phenoxy) is 1. The lowest BCUT2D eigenvalue weighted by Gasteiger charge is -2.01. The first-order chi connectivity index (χ1) is 12.1. The monoisotopic (exact) mass is 389 g/mol. The average molecular weight is 390 g/mol. The second-order valence-electron chi connectivity index (χ2n) is 5.14. The molecule has 0 spiro atoms. The molecule has 1 aliphatic rings. The van der Waals surface area contributed by atoms with Gasteiger partial charge in [-0.1, -0.05) is 29.3 Å². The number of halogens is 2. The molecule has 0 radical (unpaired) electrons. The van der Waals surface area contributed by atoms with Crippen LogP contribution in [0.4, 0.5) is 0 Å². The number of nitrogens with zero attached hydrogens (tertiary/aromatic N) is 1. The Hall–Kier alpha value is -2.34. The third-order valence-corrected chi connectivity index (χ3v) is 4.87. The minimum atomic E-state index is -0.512. The molecule has 3 aromatic rings. The van der Waals surface area contributed by atoms with Crippen molar-refractivity contribution in [2.75, 3.05) is 0 Å². The highest BCUT2D eigenvalue weighted by molar-refractivity contribution is 7.12. The van der Waals surface area contributed by atoms with Gasteiger partial charge in [-0.15, -0.1) is 11.3 Å². The van der Waals surface area contributed by atoms with Crippen molar-refractivity contribution < 1.29 is 13.9 Å². The number of hydrogen-bond donors (Lipinski definition) is 0. The van der Waals surface area contributed by atoms with Gasteiger partial charge in [-0.2, -0.15) is 0 Å². The third-order valence-electron chi connectivity index (χ3n) is 3.45. The number of hydrogen-bond acceptors (Lipinski definition) is 5. The zero-order chi connectivity index (χ0) is 17.4. The molecule has 1 aliphatic heterocycles. The molecule has 0 aliphatic carbocycles. The van der Waals surface area contributed by atoms with Crippen LogP contribution in [0.1, 0.15) is 10.6 Å². The first kappa shape index (κ1) is 16.1. The van der Waals surface area contributed by atoms with E-state index in [2.05, 4.69) is 4.99 Å². The molecule has 0 amide bonds. The lowest BCUT2D eigenvalue weighted by atomic mass is 10.2. The van der Waals surface area contributed by atoms with E-state index in [0.717, 1.165) is 4.88 Å². The van der Waals surface area contributed by atoms with E-state index < -0.39 is 5.97 Å². The first-order valence-electron chi connectivity index (χ1n) is 7.22. The number of carbonyl (C=O) groups excluding carboxylic acids is 1. The van der Waals surface area contributed by atoms with Gasteiger partial charge in [-0.25, -0.2) is 9.79 Å². The molecular weight excluding hydrogens is 381 g/mol. The maximum Gasteiger partial charge on any atom is 0.363 e. The Labute approximate surface area is 157 Å². The fraction of sp³-hybridized carbons (Fsp3) is 0. The lowest BCUT2D eigenvalue weighted by Crippen LogP contribution is -2.03. The maximum atomic E-state index is 12.0. The molecule has 3 heterocycles. The summed E-state index contributed by atoms with van der Waals surface area (Å²) in [5, 5.41) is 2.97. The molecule has 2 aromatic heterocycles. The zero-order valence-electron chi connectivity index (χ0n) is 12.5. The fourth-order valence-corrected chi connectivity index (χ4v) is 3.34. The van der Waals surface area contributed by atoms with Gasteiger partial charge in [0, 0.05) is 16.7 Å². The van der Waals surface area contributed by atoms with Gasteiger partial charge in [0.05, 0.1) is 9.90 Å². The third kappa shape index (κ3) is 3.26. The van der Waals surface area contributed by atoms with Crippen LogP contribution in [0.2, 0.25) is 10.0 Å². The van der Waals surface area contributed by atoms with Gasteiger partial charge >= 0.3 is 5.97 Å². The van der Waals surface area contributed by atoms with Crippen LogP contribution >= 0.6 is 34.5 Å². The van der Waals surface area contributed by atoms with E-state index in [1.165, 1.54) is 17.4 Å². The lowest BCUT2D eigenvalue weighted by molar-refractivity contribution is -0.129. The first-order valence-corrected chi connectivity index (χ1v) is 8.85. The summed E-state index contributed by atoms with van der Waals surface area (Å²) in [6.07, 6.45) is 1.53. The summed E-state index contributed by atoms with van der Waals surface area (Å²) in [5.74, 6) is 0.806. The topological polar surface area (TPSA) is 51.8 Å². The Morgan fingerprint density at radius 1 is 1.12 bits per heavy atom. The molecule has 0 saturated heterocycles. The van der Waals surface area contributed by atoms with Crippen LogP contribution in [0, 0.1) is 0 Å². The Morgan fingerprint density at radius 3 is 2.80 bits per heavy atom. The van der Waals surface area contributed by atoms with E-state index in [1.54, 1.807) is 30.3 Å². The molecule has 0 saturated carbocycles. The van der Waals surface area contributed by atoms with Crippen molar-refractivity contribution in [3.05, 3.63) is 74.2 Å². The number of cyclic esters (lactones) is 1. The molecule has 4 nitrogen and oxygen atoms in total. The Morgan fingerprint density at radius 2 is 2.00 bits per heavy atom. The number of benzene rings is 1. The van der Waals surface area contributed by atoms with Crippen molar-refractivity contribution in [1.29, 1.82) is 0 Å². The fourth-order valence-electron chi connectivity index (χ4n) is 2.31. The van der Waals surface area contributed by atoms with Gasteiger partial charge in [0.25, 0.3) is 0 Å². The van der Waals surface area contributed by atoms with Gasteiger partial charge < -0.3 is 9.15 Å². The molecule has 1 aromatic carbocycles. The minimum Gasteiger partial charge on any atom is -0.457 e. The number of esters is 1. The molecule has 4 rings (SSSR count). The zero-order valence-corrected chi connectivity index (χ0v) is 14.9. The van der Waals surface area contributed by atoms with E-state index in [-0.39, 0.29) is 5.70 Å². The Kier molecular flexibility index (Phi) is 4.21. The molecular formula is C18H9Cl2NO3S. The molecule has 0 atom stereocenters. The number of furan rings is 1. The quantitative estimate of drug-likeness (QED) is 0.428. The van der Waals surface area contributed by atoms with Crippen LogP contribution in [0.3, 0.4) is 0 Å². The van der Waals surface area contributed by atoms with E-state index in [4.69, 9.17) is 32.4 Å². The molecule has 0 unspecified atom stereocenters. The van der Waals surface area contributed by atoms with Crippen molar-refractivity contribution in [3.8, 4) is 11.3 Å². The second kappa shape index (κ2) is 6.52. The van der Waals surface area contributed by atoms with Gasteiger partial charge in [0.1, 0.15) is 11.5 Å². The standard InChI is InChI=1S/C18H9Cl2NO3S/c19-10-3-5-13(20)12(8-10)15-6-4-11(23-15)9-14-18(22)24-17(21-14)16-2-1-7-25-16/h1-9H/b14-9+. The number of rotatable bonds is 3. The van der Waals surface area contributed by atoms with Crippen LogP contribution in [-0.4, -0.2) is 11.9 Å². The van der Waals surface area contributed by atoms with Crippen molar-refractivity contribution in [1.82, 2.24) is 0 Å². The largest absolute Gasteiger partial charge is 0.457 e. The van der Waals surface area contributed by atoms with Crippen LogP contribution in [-0.2, 0) is 9.53 Å². The van der Waals surface area contributed by atoms with E-state index in [0.29, 0.717) is 33.0 Å². The van der Waals surface area contributed by atoms with Crippen molar-refractivity contribution in [3.63, 3.8) is 0 Å². The highest BCUT2D eigenvalue weighted by Crippen LogP contribution is 2.32. The molecule has 124 valence electrons. The van der Waals surface area contributed by atoms with Crippen LogP contribution < -0.4 is 0 Å². The summed E-state index contributed by atoms with van der Waals surface area (Å²) >= 11 is 13.6. The predicted octanol–water partition coefficient (Wildman–Crippen LogP) is 5.66. The Bertz CT molecular complexity index is 1020. The normalized spacial score (nSPS) is 15.5. The highest BCUT2D eigenvalue weighted by atomic mass is 35.5. The summed E-state index contributed by atoms with van der Waals surface area (Å²) in [6.45, 7) is 0. The van der Waals surface area contributed by atoms with Gasteiger partial charge in [-0.05, 0) is 41.8 Å². The average Bonchev–Trinajstić information content (AvgIpc) is 3.32. The summed E-state index contributed by atoms with van der Waals surface area (Å²) in [5.41, 5.74) is 0.858. The number of thiophene rings is 1. The second-order valence-corrected chi connectivity index (χ2v) is 6.93. The van der Waals surface area contributed by atoms with E-state index >= 15 is 0 Å². The van der Waals surface area contributed by atoms with Crippen molar-refractivity contribution in [2.45, 2.75) is 0 Å². The summed E-state index contributed by atoms with van der Waals surface area (Å²) in [7, 11) is 0. The highest BCUT2D eigenvalue weighted by Gasteiger charge is 2.25. The van der Waals surface area contributed by atoms with Crippen molar-refractivity contribution in [2.24, 2.45) is 4.99 Å².